The van der Waals surface area contributed by atoms with E-state index in [2.05, 4.69) is 5.32 Å². The van der Waals surface area contributed by atoms with Crippen LogP contribution >= 0.6 is 0 Å². The molecule has 0 aliphatic rings. The summed E-state index contributed by atoms with van der Waals surface area (Å²) in [6.45, 7) is 2.86. The molecule has 0 fully saturated rings. The third kappa shape index (κ3) is 3.77. The molecule has 1 rings (SSSR count). The Morgan fingerprint density at radius 1 is 1.13 bits per heavy atom. The highest BCUT2D eigenvalue weighted by Gasteiger charge is 2.03. The van der Waals surface area contributed by atoms with Crippen molar-refractivity contribution in [2.75, 3.05) is 0 Å². The summed E-state index contributed by atoms with van der Waals surface area (Å²) in [6, 6.07) is 9.26. The fraction of sp³-hybridized carbons (Fsp3) is 0.167. The smallest absolute Gasteiger partial charge is 0.221 e. The van der Waals surface area contributed by atoms with Gasteiger partial charge < -0.3 is 5.32 Å². The van der Waals surface area contributed by atoms with E-state index in [0.29, 0.717) is 5.70 Å². The molecule has 0 radical (unpaired) electrons. The van der Waals surface area contributed by atoms with E-state index in [4.69, 9.17) is 0 Å². The van der Waals surface area contributed by atoms with Gasteiger partial charge in [0.2, 0.25) is 5.91 Å². The molecule has 0 aromatic heterocycles. The topological polar surface area (TPSA) is 46.2 Å². The second-order valence-corrected chi connectivity index (χ2v) is 3.22. The van der Waals surface area contributed by atoms with Crippen LogP contribution in [0.1, 0.15) is 19.4 Å². The standard InChI is InChI=1S/C12H13NO2/c1-9(14)8-12(13-10(2)15)11-6-4-3-5-7-11/h3-8H,1-2H3,(H,13,15)/b12-8-. The molecule has 0 spiro atoms. The highest BCUT2D eigenvalue weighted by atomic mass is 16.1. The third-order valence-electron chi connectivity index (χ3n) is 1.74. The normalized spacial score (nSPS) is 10.9. The van der Waals surface area contributed by atoms with Gasteiger partial charge in [-0.25, -0.2) is 0 Å². The SMILES string of the molecule is CC(=O)/C=C(\NC(C)=O)c1ccccc1. The number of hydrogen-bond donors (Lipinski definition) is 1. The van der Waals surface area contributed by atoms with E-state index >= 15 is 0 Å². The van der Waals surface area contributed by atoms with Crippen LogP contribution in [0.4, 0.5) is 0 Å². The highest BCUT2D eigenvalue weighted by Crippen LogP contribution is 2.10. The van der Waals surface area contributed by atoms with Crippen LogP contribution in [0.3, 0.4) is 0 Å². The number of rotatable bonds is 3. The van der Waals surface area contributed by atoms with E-state index in [1.54, 1.807) is 0 Å². The average Bonchev–Trinajstić information content (AvgIpc) is 2.17. The van der Waals surface area contributed by atoms with Crippen molar-refractivity contribution in [3.8, 4) is 0 Å². The molecular weight excluding hydrogens is 190 g/mol. The quantitative estimate of drug-likeness (QED) is 0.761. The summed E-state index contributed by atoms with van der Waals surface area (Å²) < 4.78 is 0. The first kappa shape index (κ1) is 11.2. The van der Waals surface area contributed by atoms with Gasteiger partial charge in [0.05, 0.1) is 5.70 Å². The van der Waals surface area contributed by atoms with Crippen LogP contribution in [0.2, 0.25) is 0 Å². The van der Waals surface area contributed by atoms with Gasteiger partial charge in [0.25, 0.3) is 0 Å². The molecule has 0 saturated carbocycles. The molecule has 0 saturated heterocycles. The van der Waals surface area contributed by atoms with Crippen molar-refractivity contribution in [3.63, 3.8) is 0 Å². The maximum Gasteiger partial charge on any atom is 0.221 e. The van der Waals surface area contributed by atoms with Gasteiger partial charge in [0, 0.05) is 13.0 Å². The van der Waals surface area contributed by atoms with Gasteiger partial charge in [-0.05, 0) is 12.5 Å². The van der Waals surface area contributed by atoms with E-state index in [1.807, 2.05) is 30.3 Å². The number of carbonyl (C=O) groups excluding carboxylic acids is 2. The lowest BCUT2D eigenvalue weighted by Gasteiger charge is -2.07. The first-order chi connectivity index (χ1) is 7.09. The number of amides is 1. The van der Waals surface area contributed by atoms with Gasteiger partial charge in [0.15, 0.2) is 5.78 Å². The van der Waals surface area contributed by atoms with Crippen molar-refractivity contribution in [1.82, 2.24) is 5.32 Å². The minimum Gasteiger partial charge on any atom is -0.326 e. The molecule has 0 heterocycles. The number of allylic oxidation sites excluding steroid dienone is 1. The Hall–Kier alpha value is -1.90. The van der Waals surface area contributed by atoms with Gasteiger partial charge >= 0.3 is 0 Å². The summed E-state index contributed by atoms with van der Waals surface area (Å²) in [5.74, 6) is -0.283. The number of hydrogen-bond acceptors (Lipinski definition) is 2. The maximum absolute atomic E-state index is 11.0. The lowest BCUT2D eigenvalue weighted by atomic mass is 10.1. The van der Waals surface area contributed by atoms with Gasteiger partial charge in [-0.2, -0.15) is 0 Å². The van der Waals surface area contributed by atoms with E-state index in [-0.39, 0.29) is 11.7 Å². The summed E-state index contributed by atoms with van der Waals surface area (Å²) >= 11 is 0. The molecule has 15 heavy (non-hydrogen) atoms. The first-order valence-corrected chi connectivity index (χ1v) is 4.65. The largest absolute Gasteiger partial charge is 0.326 e. The predicted octanol–water partition coefficient (Wildman–Crippen LogP) is 1.75. The minimum absolute atomic E-state index is 0.0948. The second kappa shape index (κ2) is 5.10. The molecule has 1 amide bonds. The van der Waals surface area contributed by atoms with Crippen LogP contribution in [-0.2, 0) is 9.59 Å². The zero-order chi connectivity index (χ0) is 11.3. The molecule has 0 unspecified atom stereocenters. The molecule has 3 nitrogen and oxygen atoms in total. The molecule has 1 aromatic rings. The summed E-state index contributed by atoms with van der Waals surface area (Å²) in [5.41, 5.74) is 1.36. The first-order valence-electron chi connectivity index (χ1n) is 4.65. The highest BCUT2D eigenvalue weighted by molar-refractivity contribution is 5.97. The van der Waals surface area contributed by atoms with Crippen LogP contribution < -0.4 is 5.32 Å². The summed E-state index contributed by atoms with van der Waals surface area (Å²) in [4.78, 5) is 21.9. The summed E-state index contributed by atoms with van der Waals surface area (Å²) in [7, 11) is 0. The number of ketones is 1. The third-order valence-corrected chi connectivity index (χ3v) is 1.74. The zero-order valence-corrected chi connectivity index (χ0v) is 8.78. The van der Waals surface area contributed by atoms with E-state index in [0.717, 1.165) is 5.56 Å². The molecule has 0 aliphatic carbocycles. The van der Waals surface area contributed by atoms with Crippen LogP contribution in [0.5, 0.6) is 0 Å². The average molecular weight is 203 g/mol. The summed E-state index contributed by atoms with van der Waals surface area (Å²) in [6.07, 6.45) is 1.41. The zero-order valence-electron chi connectivity index (χ0n) is 8.78. The van der Waals surface area contributed by atoms with Crippen molar-refractivity contribution in [2.45, 2.75) is 13.8 Å². The van der Waals surface area contributed by atoms with Crippen molar-refractivity contribution in [1.29, 1.82) is 0 Å². The van der Waals surface area contributed by atoms with Crippen molar-refractivity contribution in [2.24, 2.45) is 0 Å². The van der Waals surface area contributed by atoms with Crippen LogP contribution in [0.25, 0.3) is 5.70 Å². The number of carbonyl (C=O) groups is 2. The number of benzene rings is 1. The van der Waals surface area contributed by atoms with Gasteiger partial charge in [-0.15, -0.1) is 0 Å². The molecule has 1 aromatic carbocycles. The lowest BCUT2D eigenvalue weighted by Crippen LogP contribution is -2.18. The maximum atomic E-state index is 11.0. The van der Waals surface area contributed by atoms with Crippen LogP contribution in [0, 0.1) is 0 Å². The van der Waals surface area contributed by atoms with E-state index < -0.39 is 0 Å². The van der Waals surface area contributed by atoms with Gasteiger partial charge in [-0.1, -0.05) is 30.3 Å². The molecule has 0 aliphatic heterocycles. The van der Waals surface area contributed by atoms with Crippen molar-refractivity contribution < 1.29 is 9.59 Å². The predicted molar refractivity (Wildman–Crippen MR) is 58.9 cm³/mol. The molecule has 1 N–H and O–H groups in total. The number of nitrogens with one attached hydrogen (secondary N) is 1. The van der Waals surface area contributed by atoms with Crippen LogP contribution in [0.15, 0.2) is 36.4 Å². The lowest BCUT2D eigenvalue weighted by molar-refractivity contribution is -0.117. The Morgan fingerprint density at radius 3 is 2.20 bits per heavy atom. The molecule has 0 atom stereocenters. The Kier molecular flexibility index (Phi) is 3.80. The van der Waals surface area contributed by atoms with Crippen molar-refractivity contribution in [3.05, 3.63) is 42.0 Å². The van der Waals surface area contributed by atoms with Gasteiger partial charge in [0.1, 0.15) is 0 Å². The fourth-order valence-corrected chi connectivity index (χ4v) is 1.20. The molecule has 78 valence electrons. The fourth-order valence-electron chi connectivity index (χ4n) is 1.20. The van der Waals surface area contributed by atoms with E-state index in [9.17, 15) is 9.59 Å². The Balaban J connectivity index is 3.02. The van der Waals surface area contributed by atoms with E-state index in [1.165, 1.54) is 19.9 Å². The Morgan fingerprint density at radius 2 is 1.73 bits per heavy atom. The minimum atomic E-state index is -0.189. The monoisotopic (exact) mass is 203 g/mol. The second-order valence-electron chi connectivity index (χ2n) is 3.22. The molecule has 0 bridgehead atoms. The Labute approximate surface area is 88.8 Å². The Bertz CT molecular complexity index is 393. The van der Waals surface area contributed by atoms with Crippen molar-refractivity contribution >= 4 is 17.4 Å². The molecule has 3 heteroatoms. The van der Waals surface area contributed by atoms with Gasteiger partial charge in [-0.3, -0.25) is 9.59 Å². The molecular formula is C12H13NO2. The van der Waals surface area contributed by atoms with Crippen LogP contribution in [-0.4, -0.2) is 11.7 Å². The summed E-state index contributed by atoms with van der Waals surface area (Å²) in [5, 5.41) is 2.63.